The van der Waals surface area contributed by atoms with E-state index in [2.05, 4.69) is 9.97 Å². The van der Waals surface area contributed by atoms with Crippen LogP contribution in [-0.2, 0) is 4.79 Å². The van der Waals surface area contributed by atoms with E-state index in [1.54, 1.807) is 12.1 Å². The summed E-state index contributed by atoms with van der Waals surface area (Å²) in [5.74, 6) is -2.04. The molecule has 0 bridgehead atoms. The zero-order valence-electron chi connectivity index (χ0n) is 10.8. The highest BCUT2D eigenvalue weighted by molar-refractivity contribution is 5.73. The number of carboxylic acids is 1. The van der Waals surface area contributed by atoms with Gasteiger partial charge in [0.2, 0.25) is 0 Å². The number of H-pyrrole nitrogens is 1. The standard InChI is InChI=1S/C10H9N3O2.C2HF3O2/c11-8-5-9(15)13-10(12-8)6-1-3-7(14)4-2-6;3-2(4,5)1(6)7/h1-5,14H,(H3,11,12,13,15);(H,6,7). The molecule has 2 rings (SSSR count). The van der Waals surface area contributed by atoms with Crippen molar-refractivity contribution in [1.82, 2.24) is 9.97 Å². The van der Waals surface area contributed by atoms with E-state index in [0.717, 1.165) is 0 Å². The molecule has 0 spiro atoms. The van der Waals surface area contributed by atoms with E-state index in [9.17, 15) is 18.0 Å². The first kappa shape index (κ1) is 17.0. The molecule has 1 aromatic carbocycles. The van der Waals surface area contributed by atoms with Crippen molar-refractivity contribution < 1.29 is 28.2 Å². The van der Waals surface area contributed by atoms with Crippen molar-refractivity contribution in [2.24, 2.45) is 0 Å². The maximum absolute atomic E-state index is 11.1. The van der Waals surface area contributed by atoms with Crippen LogP contribution in [0.2, 0.25) is 0 Å². The SMILES string of the molecule is Nc1cc(=O)[nH]c(-c2ccc(O)cc2)n1.O=C(O)C(F)(F)F. The number of aromatic amines is 1. The van der Waals surface area contributed by atoms with Gasteiger partial charge < -0.3 is 20.9 Å². The Morgan fingerprint density at radius 1 is 1.23 bits per heavy atom. The molecule has 0 amide bonds. The number of aliphatic carboxylic acids is 1. The highest BCUT2D eigenvalue weighted by atomic mass is 19.4. The van der Waals surface area contributed by atoms with E-state index < -0.39 is 12.1 Å². The number of benzene rings is 1. The Morgan fingerprint density at radius 2 is 1.73 bits per heavy atom. The summed E-state index contributed by atoms with van der Waals surface area (Å²) < 4.78 is 31.7. The average molecular weight is 317 g/mol. The third kappa shape index (κ3) is 5.15. The Labute approximate surface area is 120 Å². The minimum Gasteiger partial charge on any atom is -0.508 e. The number of nitrogens with zero attached hydrogens (tertiary/aromatic N) is 1. The van der Waals surface area contributed by atoms with Crippen LogP contribution in [0.15, 0.2) is 35.1 Å². The number of carboxylic acid groups (broad SMARTS) is 1. The number of rotatable bonds is 1. The maximum atomic E-state index is 11.1. The predicted octanol–water partition coefficient (Wildman–Crippen LogP) is 1.36. The predicted molar refractivity (Wildman–Crippen MR) is 70.1 cm³/mol. The van der Waals surface area contributed by atoms with Crippen LogP contribution in [0.1, 0.15) is 0 Å². The van der Waals surface area contributed by atoms with Crippen molar-refractivity contribution >= 4 is 11.8 Å². The summed E-state index contributed by atoms with van der Waals surface area (Å²) in [4.78, 5) is 26.6. The Morgan fingerprint density at radius 3 is 2.14 bits per heavy atom. The summed E-state index contributed by atoms with van der Waals surface area (Å²) in [5, 5.41) is 16.2. The summed E-state index contributed by atoms with van der Waals surface area (Å²) >= 11 is 0. The molecule has 0 aliphatic rings. The highest BCUT2D eigenvalue weighted by Gasteiger charge is 2.38. The zero-order chi connectivity index (χ0) is 16.9. The van der Waals surface area contributed by atoms with Crippen LogP contribution >= 0.6 is 0 Å². The molecule has 0 aliphatic carbocycles. The molecule has 0 atom stereocenters. The first-order valence-electron chi connectivity index (χ1n) is 5.56. The molecular weight excluding hydrogens is 307 g/mol. The number of hydrogen-bond donors (Lipinski definition) is 4. The largest absolute Gasteiger partial charge is 0.508 e. The maximum Gasteiger partial charge on any atom is 0.490 e. The molecule has 118 valence electrons. The van der Waals surface area contributed by atoms with E-state index in [-0.39, 0.29) is 17.1 Å². The number of nitrogen functional groups attached to an aromatic ring is 1. The second-order valence-corrected chi connectivity index (χ2v) is 3.87. The normalized spacial score (nSPS) is 10.5. The number of nitrogens with one attached hydrogen (secondary N) is 1. The number of nitrogens with two attached hydrogens (primary N) is 1. The minimum absolute atomic E-state index is 0.157. The summed E-state index contributed by atoms with van der Waals surface area (Å²) in [5.41, 5.74) is 5.84. The quantitative estimate of drug-likeness (QED) is 0.628. The number of aromatic hydroxyl groups is 1. The number of carbonyl (C=O) groups is 1. The van der Waals surface area contributed by atoms with Gasteiger partial charge in [-0.25, -0.2) is 9.78 Å². The molecule has 0 aliphatic heterocycles. The molecular formula is C12H10F3N3O4. The number of aromatic nitrogens is 2. The van der Waals surface area contributed by atoms with Gasteiger partial charge in [0.1, 0.15) is 17.4 Å². The van der Waals surface area contributed by atoms with E-state index in [0.29, 0.717) is 11.4 Å². The molecule has 22 heavy (non-hydrogen) atoms. The number of halogens is 3. The molecule has 2 aromatic rings. The fraction of sp³-hybridized carbons (Fsp3) is 0.0833. The molecule has 1 heterocycles. The van der Waals surface area contributed by atoms with Gasteiger partial charge in [0.15, 0.2) is 0 Å². The fourth-order valence-corrected chi connectivity index (χ4v) is 1.23. The molecule has 0 radical (unpaired) electrons. The van der Waals surface area contributed by atoms with Gasteiger partial charge in [-0.2, -0.15) is 13.2 Å². The van der Waals surface area contributed by atoms with Gasteiger partial charge in [0.25, 0.3) is 5.56 Å². The lowest BCUT2D eigenvalue weighted by molar-refractivity contribution is -0.192. The molecule has 7 nitrogen and oxygen atoms in total. The Bertz CT molecular complexity index is 711. The van der Waals surface area contributed by atoms with Gasteiger partial charge in [0.05, 0.1) is 0 Å². The Hall–Kier alpha value is -3.04. The van der Waals surface area contributed by atoms with Gasteiger partial charge in [-0.15, -0.1) is 0 Å². The van der Waals surface area contributed by atoms with Crippen LogP contribution in [0.3, 0.4) is 0 Å². The van der Waals surface area contributed by atoms with Crippen molar-refractivity contribution in [3.63, 3.8) is 0 Å². The van der Waals surface area contributed by atoms with Crippen LogP contribution in [0, 0.1) is 0 Å². The molecule has 0 unspecified atom stereocenters. The lowest BCUT2D eigenvalue weighted by atomic mass is 10.2. The molecule has 0 saturated carbocycles. The zero-order valence-corrected chi connectivity index (χ0v) is 10.8. The molecule has 1 aromatic heterocycles. The van der Waals surface area contributed by atoms with Crippen molar-refractivity contribution in [3.8, 4) is 17.1 Å². The van der Waals surface area contributed by atoms with Gasteiger partial charge in [-0.05, 0) is 24.3 Å². The van der Waals surface area contributed by atoms with E-state index in [4.69, 9.17) is 20.7 Å². The van der Waals surface area contributed by atoms with E-state index in [1.807, 2.05) is 0 Å². The monoisotopic (exact) mass is 317 g/mol. The Balaban J connectivity index is 0.000000295. The first-order chi connectivity index (χ1) is 10.1. The van der Waals surface area contributed by atoms with Crippen LogP contribution in [-0.4, -0.2) is 32.3 Å². The van der Waals surface area contributed by atoms with Crippen LogP contribution < -0.4 is 11.3 Å². The fourth-order valence-electron chi connectivity index (χ4n) is 1.23. The van der Waals surface area contributed by atoms with Crippen molar-refractivity contribution in [3.05, 3.63) is 40.7 Å². The molecule has 10 heteroatoms. The van der Waals surface area contributed by atoms with Gasteiger partial charge in [-0.3, -0.25) is 4.79 Å². The summed E-state index contributed by atoms with van der Waals surface area (Å²) in [6.07, 6.45) is -5.08. The van der Waals surface area contributed by atoms with E-state index in [1.165, 1.54) is 18.2 Å². The van der Waals surface area contributed by atoms with Crippen LogP contribution in [0.5, 0.6) is 5.75 Å². The second kappa shape index (κ2) is 6.61. The average Bonchev–Trinajstić information content (AvgIpc) is 2.38. The summed E-state index contributed by atoms with van der Waals surface area (Å²) in [6, 6.07) is 7.53. The van der Waals surface area contributed by atoms with Gasteiger partial charge >= 0.3 is 12.1 Å². The highest BCUT2D eigenvalue weighted by Crippen LogP contribution is 2.17. The molecule has 5 N–H and O–H groups in total. The van der Waals surface area contributed by atoms with Crippen molar-refractivity contribution in [1.29, 1.82) is 0 Å². The topological polar surface area (TPSA) is 129 Å². The summed E-state index contributed by atoms with van der Waals surface area (Å²) in [6.45, 7) is 0. The number of phenols is 1. The lowest BCUT2D eigenvalue weighted by Gasteiger charge is -2.01. The smallest absolute Gasteiger partial charge is 0.490 e. The van der Waals surface area contributed by atoms with Gasteiger partial charge in [-0.1, -0.05) is 0 Å². The first-order valence-corrected chi connectivity index (χ1v) is 5.56. The Kier molecular flexibility index (Phi) is 5.11. The van der Waals surface area contributed by atoms with Gasteiger partial charge in [0, 0.05) is 11.6 Å². The number of alkyl halides is 3. The third-order valence-electron chi connectivity index (χ3n) is 2.14. The van der Waals surface area contributed by atoms with Crippen molar-refractivity contribution in [2.75, 3.05) is 5.73 Å². The van der Waals surface area contributed by atoms with Crippen LogP contribution in [0.25, 0.3) is 11.4 Å². The molecule has 0 fully saturated rings. The molecule has 0 saturated heterocycles. The number of hydrogen-bond acceptors (Lipinski definition) is 5. The lowest BCUT2D eigenvalue weighted by Crippen LogP contribution is -2.21. The minimum atomic E-state index is -5.08. The van der Waals surface area contributed by atoms with E-state index >= 15 is 0 Å². The number of anilines is 1. The second-order valence-electron chi connectivity index (χ2n) is 3.87. The third-order valence-corrected chi connectivity index (χ3v) is 2.14. The summed E-state index contributed by atoms with van der Waals surface area (Å²) in [7, 11) is 0. The number of phenolic OH excluding ortho intramolecular Hbond substituents is 1. The van der Waals surface area contributed by atoms with Crippen LogP contribution in [0.4, 0.5) is 19.0 Å². The van der Waals surface area contributed by atoms with Crippen molar-refractivity contribution in [2.45, 2.75) is 6.18 Å².